The molecule has 0 aromatic rings. The maximum atomic E-state index is 12.8. The summed E-state index contributed by atoms with van der Waals surface area (Å²) in [7, 11) is 1.56. The van der Waals surface area contributed by atoms with E-state index in [4.69, 9.17) is 9.84 Å². The van der Waals surface area contributed by atoms with Crippen LogP contribution in [0.5, 0.6) is 0 Å². The number of hydrogen-bond acceptors (Lipinski definition) is 3. The normalized spacial score (nSPS) is 24.9. The van der Waals surface area contributed by atoms with E-state index in [1.165, 1.54) is 0 Å². The Morgan fingerprint density at radius 1 is 1.38 bits per heavy atom. The van der Waals surface area contributed by atoms with Crippen molar-refractivity contribution in [2.24, 2.45) is 11.3 Å². The second-order valence-corrected chi connectivity index (χ2v) is 7.92. The third-order valence-corrected chi connectivity index (χ3v) is 4.61. The van der Waals surface area contributed by atoms with Crippen molar-refractivity contribution >= 4 is 6.03 Å². The Balaban J connectivity index is 2.59. The van der Waals surface area contributed by atoms with Crippen molar-refractivity contribution in [2.45, 2.75) is 58.5 Å². The number of nitrogens with zero attached hydrogens (tertiary/aromatic N) is 1. The monoisotopic (exact) mass is 350 g/mol. The molecule has 2 N–H and O–H groups in total. The predicted molar refractivity (Wildman–Crippen MR) is 89.2 cm³/mol. The van der Waals surface area contributed by atoms with Crippen LogP contribution in [0.4, 0.5) is 13.6 Å². The zero-order valence-corrected chi connectivity index (χ0v) is 15.3. The van der Waals surface area contributed by atoms with E-state index in [1.807, 2.05) is 20.8 Å². The van der Waals surface area contributed by atoms with Crippen LogP contribution in [-0.4, -0.2) is 61.4 Å². The summed E-state index contributed by atoms with van der Waals surface area (Å²) >= 11 is 0. The highest BCUT2D eigenvalue weighted by molar-refractivity contribution is 5.74. The minimum Gasteiger partial charge on any atom is -0.395 e. The molecule has 0 spiro atoms. The van der Waals surface area contributed by atoms with E-state index in [2.05, 4.69) is 5.32 Å². The van der Waals surface area contributed by atoms with E-state index in [-0.39, 0.29) is 24.6 Å². The van der Waals surface area contributed by atoms with Gasteiger partial charge in [-0.05, 0) is 31.1 Å². The number of rotatable bonds is 7. The van der Waals surface area contributed by atoms with E-state index in [9.17, 15) is 13.6 Å². The summed E-state index contributed by atoms with van der Waals surface area (Å²) in [5.41, 5.74) is -0.658. The molecule has 1 aliphatic carbocycles. The molecule has 1 rings (SSSR count). The molecule has 1 saturated carbocycles. The van der Waals surface area contributed by atoms with Gasteiger partial charge in [-0.25, -0.2) is 13.6 Å². The molecule has 24 heavy (non-hydrogen) atoms. The largest absolute Gasteiger partial charge is 0.395 e. The highest BCUT2D eigenvalue weighted by Gasteiger charge is 2.38. The molecule has 0 aromatic heterocycles. The maximum Gasteiger partial charge on any atom is 0.317 e. The third-order valence-electron chi connectivity index (χ3n) is 4.61. The summed E-state index contributed by atoms with van der Waals surface area (Å²) < 4.78 is 31.2. The Hall–Kier alpha value is -0.950. The number of ether oxygens (including phenoxy) is 1. The number of alkyl halides is 2. The lowest BCUT2D eigenvalue weighted by Gasteiger charge is -2.39. The minimum atomic E-state index is -2.29. The van der Waals surface area contributed by atoms with Crippen molar-refractivity contribution in [2.75, 3.05) is 33.4 Å². The fourth-order valence-corrected chi connectivity index (χ4v) is 3.17. The first kappa shape index (κ1) is 21.1. The third kappa shape index (κ3) is 6.51. The standard InChI is InChI=1S/C17H32F2N2O3/c1-16(2,3)12-21(9-10-22)15(23)20-11-17(24-4)7-5-13(6-8-17)14(18)19/h13-14,22H,5-12H2,1-4H3,(H,20,23). The van der Waals surface area contributed by atoms with Crippen LogP contribution in [0.2, 0.25) is 0 Å². The lowest BCUT2D eigenvalue weighted by molar-refractivity contribution is -0.0655. The van der Waals surface area contributed by atoms with Gasteiger partial charge in [0.25, 0.3) is 0 Å². The van der Waals surface area contributed by atoms with Crippen molar-refractivity contribution in [3.63, 3.8) is 0 Å². The fourth-order valence-electron chi connectivity index (χ4n) is 3.17. The molecule has 0 saturated heterocycles. The van der Waals surface area contributed by atoms with E-state index in [1.54, 1.807) is 12.0 Å². The zero-order valence-electron chi connectivity index (χ0n) is 15.3. The minimum absolute atomic E-state index is 0.0826. The summed E-state index contributed by atoms with van der Waals surface area (Å²) in [5, 5.41) is 12.0. The van der Waals surface area contributed by atoms with Crippen LogP contribution in [0.1, 0.15) is 46.5 Å². The Kier molecular flexibility index (Phi) is 7.86. The molecular formula is C17H32F2N2O3. The smallest absolute Gasteiger partial charge is 0.317 e. The van der Waals surface area contributed by atoms with Crippen LogP contribution in [0.3, 0.4) is 0 Å². The topological polar surface area (TPSA) is 61.8 Å². The van der Waals surface area contributed by atoms with E-state index >= 15 is 0 Å². The number of urea groups is 1. The molecule has 5 nitrogen and oxygen atoms in total. The van der Waals surface area contributed by atoms with Gasteiger partial charge in [0.15, 0.2) is 0 Å². The molecular weight excluding hydrogens is 318 g/mol. The number of hydrogen-bond donors (Lipinski definition) is 2. The molecule has 7 heteroatoms. The first-order chi connectivity index (χ1) is 11.1. The lowest BCUT2D eigenvalue weighted by atomic mass is 9.78. The predicted octanol–water partition coefficient (Wildman–Crippen LogP) is 2.88. The molecule has 1 fully saturated rings. The van der Waals surface area contributed by atoms with Gasteiger partial charge in [0.1, 0.15) is 0 Å². The Morgan fingerprint density at radius 2 is 1.96 bits per heavy atom. The van der Waals surface area contributed by atoms with Crippen molar-refractivity contribution in [3.05, 3.63) is 0 Å². The van der Waals surface area contributed by atoms with Crippen LogP contribution >= 0.6 is 0 Å². The van der Waals surface area contributed by atoms with Gasteiger partial charge in [0.05, 0.1) is 12.2 Å². The number of nitrogens with one attached hydrogen (secondary N) is 1. The summed E-state index contributed by atoms with van der Waals surface area (Å²) in [6.07, 6.45) is -0.454. The van der Waals surface area contributed by atoms with Gasteiger partial charge in [-0.15, -0.1) is 0 Å². The molecule has 2 amide bonds. The van der Waals surface area contributed by atoms with Gasteiger partial charge in [-0.1, -0.05) is 20.8 Å². The Bertz CT molecular complexity index is 392. The molecule has 142 valence electrons. The first-order valence-corrected chi connectivity index (χ1v) is 8.59. The van der Waals surface area contributed by atoms with Crippen LogP contribution in [0.25, 0.3) is 0 Å². The summed E-state index contributed by atoms with van der Waals surface area (Å²) in [6, 6.07) is -0.258. The number of aliphatic hydroxyl groups excluding tert-OH is 1. The van der Waals surface area contributed by atoms with Crippen molar-refractivity contribution < 1.29 is 23.4 Å². The lowest BCUT2D eigenvalue weighted by Crippen LogP contribution is -2.52. The van der Waals surface area contributed by atoms with Crippen molar-refractivity contribution in [1.82, 2.24) is 10.2 Å². The first-order valence-electron chi connectivity index (χ1n) is 8.59. The number of carbonyl (C=O) groups excluding carboxylic acids is 1. The summed E-state index contributed by atoms with van der Waals surface area (Å²) in [5.74, 6) is -0.573. The summed E-state index contributed by atoms with van der Waals surface area (Å²) in [4.78, 5) is 14.0. The fraction of sp³-hybridized carbons (Fsp3) is 0.941. The zero-order chi connectivity index (χ0) is 18.4. The van der Waals surface area contributed by atoms with Gasteiger partial charge >= 0.3 is 6.03 Å². The summed E-state index contributed by atoms with van der Waals surface area (Å²) in [6.45, 7) is 7.04. The van der Waals surface area contributed by atoms with Crippen LogP contribution in [-0.2, 0) is 4.74 Å². The maximum absolute atomic E-state index is 12.8. The van der Waals surface area contributed by atoms with Crippen LogP contribution < -0.4 is 5.32 Å². The molecule has 0 radical (unpaired) electrons. The highest BCUT2D eigenvalue weighted by atomic mass is 19.3. The Labute approximate surface area is 143 Å². The van der Waals surface area contributed by atoms with Gasteiger partial charge in [-0.3, -0.25) is 0 Å². The van der Waals surface area contributed by atoms with Gasteiger partial charge in [0, 0.05) is 32.7 Å². The van der Waals surface area contributed by atoms with Crippen LogP contribution in [0.15, 0.2) is 0 Å². The molecule has 1 aliphatic rings. The molecule has 0 heterocycles. The van der Waals surface area contributed by atoms with Gasteiger partial charge < -0.3 is 20.1 Å². The average molecular weight is 350 g/mol. The number of halogens is 2. The van der Waals surface area contributed by atoms with E-state index in [0.717, 1.165) is 0 Å². The van der Waals surface area contributed by atoms with E-state index in [0.29, 0.717) is 38.8 Å². The molecule has 0 unspecified atom stereocenters. The molecule has 0 bridgehead atoms. The van der Waals surface area contributed by atoms with Gasteiger partial charge in [0.2, 0.25) is 6.43 Å². The average Bonchev–Trinajstić information content (AvgIpc) is 2.51. The number of methoxy groups -OCH3 is 1. The second-order valence-electron chi connectivity index (χ2n) is 7.92. The number of carbonyl (C=O) groups is 1. The SMILES string of the molecule is COC1(CNC(=O)N(CCO)CC(C)(C)C)CCC(C(F)F)CC1. The van der Waals surface area contributed by atoms with Crippen molar-refractivity contribution in [1.29, 1.82) is 0 Å². The number of amides is 2. The molecule has 0 atom stereocenters. The van der Waals surface area contributed by atoms with Crippen molar-refractivity contribution in [3.8, 4) is 0 Å². The molecule has 0 aromatic carbocycles. The second kappa shape index (κ2) is 8.94. The van der Waals surface area contributed by atoms with E-state index < -0.39 is 17.9 Å². The highest BCUT2D eigenvalue weighted by Crippen LogP contribution is 2.36. The molecule has 0 aliphatic heterocycles. The van der Waals surface area contributed by atoms with Crippen LogP contribution in [0, 0.1) is 11.3 Å². The Morgan fingerprint density at radius 3 is 2.38 bits per heavy atom. The van der Waals surface area contributed by atoms with Gasteiger partial charge in [-0.2, -0.15) is 0 Å². The quantitative estimate of drug-likeness (QED) is 0.742. The number of aliphatic hydroxyl groups is 1.